The van der Waals surface area contributed by atoms with Crippen LogP contribution in [0.3, 0.4) is 0 Å². The van der Waals surface area contributed by atoms with Gasteiger partial charge in [-0.25, -0.2) is 12.8 Å². The second-order valence-corrected chi connectivity index (χ2v) is 9.46. The van der Waals surface area contributed by atoms with E-state index in [2.05, 4.69) is 15.9 Å². The van der Waals surface area contributed by atoms with E-state index in [1.165, 1.54) is 27.8 Å². The van der Waals surface area contributed by atoms with Crippen LogP contribution in [0.5, 0.6) is 0 Å². The molecule has 112 valence electrons. The Morgan fingerprint density at radius 2 is 1.90 bits per heavy atom. The molecule has 1 aromatic carbocycles. The topological polar surface area (TPSA) is 37.4 Å². The van der Waals surface area contributed by atoms with E-state index in [0.717, 1.165) is 22.2 Å². The van der Waals surface area contributed by atoms with Gasteiger partial charge in [0.1, 0.15) is 10.0 Å². The number of hydrogen-bond acceptors (Lipinski definition) is 3. The average molecular weight is 390 g/mol. The van der Waals surface area contributed by atoms with E-state index in [-0.39, 0.29) is 11.9 Å². The van der Waals surface area contributed by atoms with E-state index < -0.39 is 10.0 Å². The van der Waals surface area contributed by atoms with Gasteiger partial charge < -0.3 is 0 Å². The highest BCUT2D eigenvalue weighted by Crippen LogP contribution is 2.38. The Hall–Kier alpha value is -0.760. The molecule has 1 atom stereocenters. The summed E-state index contributed by atoms with van der Waals surface area (Å²) < 4.78 is 41.2. The molecule has 2 aromatic rings. The maximum atomic E-state index is 13.0. The zero-order chi connectivity index (χ0) is 15.0. The standard InChI is InChI=1S/C14H13BrFNO2S2/c15-13-7-8-14(20-13)21(18,19)17-9-1-2-12(17)10-3-5-11(16)6-4-10/h3-8,12H,1-2,9H2. The van der Waals surface area contributed by atoms with Crippen molar-refractivity contribution in [2.75, 3.05) is 6.54 Å². The van der Waals surface area contributed by atoms with E-state index in [0.29, 0.717) is 10.8 Å². The molecule has 3 rings (SSSR count). The van der Waals surface area contributed by atoms with Crippen molar-refractivity contribution >= 4 is 37.3 Å². The summed E-state index contributed by atoms with van der Waals surface area (Å²) in [4.78, 5) is 0. The summed E-state index contributed by atoms with van der Waals surface area (Å²) in [6.45, 7) is 0.500. The minimum absolute atomic E-state index is 0.212. The molecular weight excluding hydrogens is 377 g/mol. The van der Waals surface area contributed by atoms with Crippen LogP contribution in [0.15, 0.2) is 44.4 Å². The summed E-state index contributed by atoms with van der Waals surface area (Å²) in [6, 6.07) is 9.22. The van der Waals surface area contributed by atoms with Crippen LogP contribution in [0.4, 0.5) is 4.39 Å². The van der Waals surface area contributed by atoms with Crippen molar-refractivity contribution in [3.8, 4) is 0 Å². The smallest absolute Gasteiger partial charge is 0.207 e. The molecule has 0 bridgehead atoms. The lowest BCUT2D eigenvalue weighted by atomic mass is 10.1. The van der Waals surface area contributed by atoms with Gasteiger partial charge in [-0.15, -0.1) is 11.3 Å². The Bertz CT molecular complexity index is 743. The van der Waals surface area contributed by atoms with E-state index in [4.69, 9.17) is 0 Å². The van der Waals surface area contributed by atoms with Crippen LogP contribution in [0.1, 0.15) is 24.4 Å². The van der Waals surface area contributed by atoms with Crippen molar-refractivity contribution in [3.63, 3.8) is 0 Å². The van der Waals surface area contributed by atoms with Gasteiger partial charge in [-0.1, -0.05) is 12.1 Å². The molecule has 0 aliphatic carbocycles. The third-order valence-electron chi connectivity index (χ3n) is 3.57. The first kappa shape index (κ1) is 15.1. The van der Waals surface area contributed by atoms with E-state index in [1.807, 2.05) is 0 Å². The van der Waals surface area contributed by atoms with Gasteiger partial charge in [0, 0.05) is 6.54 Å². The minimum Gasteiger partial charge on any atom is -0.207 e. The molecule has 0 amide bonds. The normalized spacial score (nSPS) is 20.0. The van der Waals surface area contributed by atoms with Crippen LogP contribution in [-0.2, 0) is 10.0 Å². The molecule has 7 heteroatoms. The van der Waals surface area contributed by atoms with Crippen molar-refractivity contribution in [1.29, 1.82) is 0 Å². The second kappa shape index (κ2) is 5.79. The number of benzene rings is 1. The van der Waals surface area contributed by atoms with Crippen molar-refractivity contribution in [3.05, 3.63) is 51.6 Å². The molecule has 1 unspecified atom stereocenters. The lowest BCUT2D eigenvalue weighted by molar-refractivity contribution is 0.397. The Morgan fingerprint density at radius 1 is 1.19 bits per heavy atom. The van der Waals surface area contributed by atoms with Crippen LogP contribution in [0.2, 0.25) is 0 Å². The number of halogens is 2. The summed E-state index contributed by atoms with van der Waals surface area (Å²) in [5.74, 6) is -0.312. The molecule has 1 aromatic heterocycles. The largest absolute Gasteiger partial charge is 0.253 e. The van der Waals surface area contributed by atoms with Crippen LogP contribution < -0.4 is 0 Å². The Labute approximate surface area is 135 Å². The average Bonchev–Trinajstić information content (AvgIpc) is 3.08. The first-order valence-electron chi connectivity index (χ1n) is 6.51. The first-order chi connectivity index (χ1) is 9.98. The van der Waals surface area contributed by atoms with Gasteiger partial charge in [0.2, 0.25) is 0 Å². The predicted molar refractivity (Wildman–Crippen MR) is 84.3 cm³/mol. The molecule has 0 spiro atoms. The Balaban J connectivity index is 1.95. The molecule has 0 radical (unpaired) electrons. The van der Waals surface area contributed by atoms with E-state index in [1.54, 1.807) is 24.3 Å². The van der Waals surface area contributed by atoms with Crippen LogP contribution in [0, 0.1) is 5.82 Å². The SMILES string of the molecule is O=S(=O)(c1ccc(Br)s1)N1CCCC1c1ccc(F)cc1. The van der Waals surface area contributed by atoms with E-state index in [9.17, 15) is 12.8 Å². The predicted octanol–water partition coefficient (Wildman–Crippen LogP) is 4.18. The Morgan fingerprint density at radius 3 is 2.52 bits per heavy atom. The number of hydrogen-bond donors (Lipinski definition) is 0. The highest BCUT2D eigenvalue weighted by atomic mass is 79.9. The molecule has 1 aliphatic rings. The van der Waals surface area contributed by atoms with Crippen LogP contribution in [-0.4, -0.2) is 19.3 Å². The number of nitrogens with zero attached hydrogens (tertiary/aromatic N) is 1. The fourth-order valence-electron chi connectivity index (χ4n) is 2.60. The van der Waals surface area contributed by atoms with Gasteiger partial charge in [-0.2, -0.15) is 4.31 Å². The zero-order valence-electron chi connectivity index (χ0n) is 11.0. The molecule has 1 saturated heterocycles. The monoisotopic (exact) mass is 389 g/mol. The number of sulfonamides is 1. The molecule has 2 heterocycles. The van der Waals surface area contributed by atoms with Crippen molar-refractivity contribution in [2.45, 2.75) is 23.1 Å². The Kier molecular flexibility index (Phi) is 4.18. The molecule has 1 aliphatic heterocycles. The molecule has 3 nitrogen and oxygen atoms in total. The lowest BCUT2D eigenvalue weighted by Crippen LogP contribution is -2.30. The third kappa shape index (κ3) is 2.92. The summed E-state index contributed by atoms with van der Waals surface area (Å²) >= 11 is 4.50. The van der Waals surface area contributed by atoms with Crippen LogP contribution in [0.25, 0.3) is 0 Å². The molecular formula is C14H13BrFNO2S2. The summed E-state index contributed by atoms with van der Waals surface area (Å²) in [5.41, 5.74) is 0.841. The lowest BCUT2D eigenvalue weighted by Gasteiger charge is -2.23. The summed E-state index contributed by atoms with van der Waals surface area (Å²) in [7, 11) is -3.50. The first-order valence-corrected chi connectivity index (χ1v) is 9.56. The highest BCUT2D eigenvalue weighted by Gasteiger charge is 2.36. The molecule has 0 saturated carbocycles. The maximum absolute atomic E-state index is 13.0. The van der Waals surface area contributed by atoms with Gasteiger partial charge >= 0.3 is 0 Å². The zero-order valence-corrected chi connectivity index (χ0v) is 14.2. The molecule has 21 heavy (non-hydrogen) atoms. The summed E-state index contributed by atoms with van der Waals surface area (Å²) in [6.07, 6.45) is 1.57. The van der Waals surface area contributed by atoms with Gasteiger partial charge in [0.25, 0.3) is 10.0 Å². The van der Waals surface area contributed by atoms with Crippen molar-refractivity contribution < 1.29 is 12.8 Å². The highest BCUT2D eigenvalue weighted by molar-refractivity contribution is 9.11. The fourth-order valence-corrected chi connectivity index (χ4v) is 6.42. The number of rotatable bonds is 3. The van der Waals surface area contributed by atoms with Crippen LogP contribution >= 0.6 is 27.3 Å². The van der Waals surface area contributed by atoms with Crippen molar-refractivity contribution in [2.24, 2.45) is 0 Å². The van der Waals surface area contributed by atoms with Gasteiger partial charge in [-0.05, 0) is 58.6 Å². The van der Waals surface area contributed by atoms with E-state index >= 15 is 0 Å². The minimum atomic E-state index is -3.50. The fraction of sp³-hybridized carbons (Fsp3) is 0.286. The van der Waals surface area contributed by atoms with Gasteiger partial charge in [0.15, 0.2) is 0 Å². The quantitative estimate of drug-likeness (QED) is 0.789. The van der Waals surface area contributed by atoms with Gasteiger partial charge in [-0.3, -0.25) is 0 Å². The summed E-state index contributed by atoms with van der Waals surface area (Å²) in [5, 5.41) is 0. The number of thiophene rings is 1. The molecule has 0 N–H and O–H groups in total. The third-order valence-corrected chi connectivity index (χ3v) is 7.57. The van der Waals surface area contributed by atoms with Gasteiger partial charge in [0.05, 0.1) is 9.83 Å². The second-order valence-electron chi connectivity index (χ2n) is 4.88. The van der Waals surface area contributed by atoms with Crippen molar-refractivity contribution in [1.82, 2.24) is 4.31 Å². The molecule has 1 fully saturated rings. The maximum Gasteiger partial charge on any atom is 0.253 e.